The van der Waals surface area contributed by atoms with Gasteiger partial charge < -0.3 is 20.2 Å². The molecule has 0 spiro atoms. The zero-order valence-electron chi connectivity index (χ0n) is 21.6. The van der Waals surface area contributed by atoms with Crippen molar-refractivity contribution in [2.45, 2.75) is 52.6 Å². The minimum atomic E-state index is -1.14. The van der Waals surface area contributed by atoms with Crippen molar-refractivity contribution >= 4 is 45.2 Å². The summed E-state index contributed by atoms with van der Waals surface area (Å²) in [5, 5.41) is 13.4. The van der Waals surface area contributed by atoms with Crippen molar-refractivity contribution in [2.24, 2.45) is 5.92 Å². The zero-order chi connectivity index (χ0) is 26.6. The Bertz CT molecular complexity index is 1080. The van der Waals surface area contributed by atoms with Crippen LogP contribution in [0.5, 0.6) is 0 Å². The first-order valence-corrected chi connectivity index (χ1v) is 13.0. The van der Waals surface area contributed by atoms with Crippen molar-refractivity contribution in [3.63, 3.8) is 0 Å². The van der Waals surface area contributed by atoms with Gasteiger partial charge in [-0.15, -0.1) is 11.3 Å². The molecular weight excluding hydrogens is 480 g/mol. The smallest absolute Gasteiger partial charge is 0.408 e. The molecule has 2 aromatic rings. The molecule has 0 unspecified atom stereocenters. The number of nitrogens with zero attached hydrogens (tertiary/aromatic N) is 3. The van der Waals surface area contributed by atoms with Gasteiger partial charge in [0.1, 0.15) is 12.6 Å². The first-order chi connectivity index (χ1) is 16.9. The molecule has 10 heteroatoms. The highest BCUT2D eigenvalue weighted by molar-refractivity contribution is 7.20. The quantitative estimate of drug-likeness (QED) is 0.585. The average Bonchev–Trinajstić information content (AvgIpc) is 3.25. The molecule has 0 saturated carbocycles. The Hall–Kier alpha value is -3.14. The number of amides is 4. The molecule has 1 aliphatic heterocycles. The van der Waals surface area contributed by atoms with Gasteiger partial charge in [-0.3, -0.25) is 19.3 Å². The monoisotopic (exact) mass is 516 g/mol. The third-order valence-electron chi connectivity index (χ3n) is 6.24. The fourth-order valence-electron chi connectivity index (χ4n) is 4.24. The van der Waals surface area contributed by atoms with Gasteiger partial charge in [-0.1, -0.05) is 32.0 Å². The minimum absolute atomic E-state index is 0.160. The predicted octanol–water partition coefficient (Wildman–Crippen LogP) is 3.50. The molecule has 0 aliphatic carbocycles. The van der Waals surface area contributed by atoms with E-state index in [2.05, 4.69) is 5.32 Å². The fraction of sp³-hybridized carbons (Fsp3) is 0.538. The predicted molar refractivity (Wildman–Crippen MR) is 140 cm³/mol. The van der Waals surface area contributed by atoms with Crippen LogP contribution in [0.3, 0.4) is 0 Å². The molecule has 2 heterocycles. The summed E-state index contributed by atoms with van der Waals surface area (Å²) in [4.78, 5) is 55.7. The molecule has 0 radical (unpaired) electrons. The summed E-state index contributed by atoms with van der Waals surface area (Å²) in [5.41, 5.74) is -0.698. The summed E-state index contributed by atoms with van der Waals surface area (Å²) in [5.74, 6) is -0.507. The molecule has 9 nitrogen and oxygen atoms in total. The van der Waals surface area contributed by atoms with Crippen molar-refractivity contribution in [3.8, 4) is 0 Å². The van der Waals surface area contributed by atoms with Crippen LogP contribution in [0, 0.1) is 5.92 Å². The molecule has 3 rings (SSSR count). The van der Waals surface area contributed by atoms with E-state index in [0.717, 1.165) is 15.0 Å². The highest BCUT2D eigenvalue weighted by Gasteiger charge is 2.33. The molecule has 4 amide bonds. The van der Waals surface area contributed by atoms with E-state index in [9.17, 15) is 24.3 Å². The Balaban J connectivity index is 1.62. The van der Waals surface area contributed by atoms with Gasteiger partial charge in [-0.2, -0.15) is 0 Å². The highest BCUT2D eigenvalue weighted by atomic mass is 32.1. The third kappa shape index (κ3) is 6.75. The number of carbonyl (C=O) groups excluding carboxylic acids is 3. The summed E-state index contributed by atoms with van der Waals surface area (Å²) in [7, 11) is 0. The Labute approximate surface area is 216 Å². The van der Waals surface area contributed by atoms with Crippen molar-refractivity contribution in [1.29, 1.82) is 0 Å². The number of carboxylic acid groups (broad SMARTS) is 1. The largest absolute Gasteiger partial charge is 0.465 e. The normalized spacial score (nSPS) is 15.2. The van der Waals surface area contributed by atoms with Crippen LogP contribution in [-0.2, 0) is 9.59 Å². The van der Waals surface area contributed by atoms with E-state index in [1.54, 1.807) is 30.6 Å². The molecule has 1 saturated heterocycles. The number of rotatable bonds is 7. The summed E-state index contributed by atoms with van der Waals surface area (Å²) < 4.78 is 1.02. The van der Waals surface area contributed by atoms with Crippen LogP contribution in [0.1, 0.15) is 50.7 Å². The maximum Gasteiger partial charge on any atom is 0.408 e. The highest BCUT2D eigenvalue weighted by Crippen LogP contribution is 2.25. The number of benzene rings is 1. The molecule has 1 aromatic carbocycles. The van der Waals surface area contributed by atoms with Gasteiger partial charge in [0.2, 0.25) is 11.8 Å². The first kappa shape index (κ1) is 27.4. The van der Waals surface area contributed by atoms with Crippen LogP contribution in [0.2, 0.25) is 0 Å². The van der Waals surface area contributed by atoms with Gasteiger partial charge >= 0.3 is 6.09 Å². The summed E-state index contributed by atoms with van der Waals surface area (Å²) in [6.45, 7) is 10.3. The van der Waals surface area contributed by atoms with Gasteiger partial charge in [0.25, 0.3) is 5.91 Å². The number of thiophene rings is 1. The molecule has 1 fully saturated rings. The number of piperazine rings is 1. The SMILES string of the molecule is CC(C)C[C@H](NC(=O)c1cc2ccccc2s1)C(=O)N1CCN(C(=O)CN(C(=O)O)C(C)(C)C)CC1. The standard InChI is InChI=1S/C26H36N4O5S/c1-17(2)14-19(27-23(32)21-15-18-8-6-7-9-20(18)36-21)24(33)29-12-10-28(11-13-29)22(31)16-30(25(34)35)26(3,4)5/h6-9,15,17,19H,10-14,16H2,1-5H3,(H,27,32)(H,34,35)/t19-/m0/s1. The van der Waals surface area contributed by atoms with E-state index in [0.29, 0.717) is 37.5 Å². The lowest BCUT2D eigenvalue weighted by molar-refractivity contribution is -0.141. The Kier molecular flexibility index (Phi) is 8.60. The van der Waals surface area contributed by atoms with E-state index in [-0.39, 0.29) is 30.2 Å². The molecule has 36 heavy (non-hydrogen) atoms. The van der Waals surface area contributed by atoms with Crippen molar-refractivity contribution in [2.75, 3.05) is 32.7 Å². The maximum atomic E-state index is 13.4. The summed E-state index contributed by atoms with van der Waals surface area (Å²) in [6, 6.07) is 8.96. The van der Waals surface area contributed by atoms with Crippen LogP contribution < -0.4 is 5.32 Å². The van der Waals surface area contributed by atoms with E-state index in [1.165, 1.54) is 11.3 Å². The van der Waals surface area contributed by atoms with Gasteiger partial charge in [-0.25, -0.2) is 4.79 Å². The number of hydrogen-bond acceptors (Lipinski definition) is 5. The topological polar surface area (TPSA) is 110 Å². The second-order valence-electron chi connectivity index (χ2n) is 10.5. The van der Waals surface area contributed by atoms with Crippen LogP contribution in [-0.4, -0.2) is 87.9 Å². The van der Waals surface area contributed by atoms with Crippen molar-refractivity contribution in [3.05, 3.63) is 35.2 Å². The molecule has 0 bridgehead atoms. The number of hydrogen-bond donors (Lipinski definition) is 2. The second kappa shape index (κ2) is 11.3. The van der Waals surface area contributed by atoms with Crippen LogP contribution in [0.4, 0.5) is 4.79 Å². The lowest BCUT2D eigenvalue weighted by Crippen LogP contribution is -2.58. The molecule has 2 N–H and O–H groups in total. The minimum Gasteiger partial charge on any atom is -0.465 e. The first-order valence-electron chi connectivity index (χ1n) is 12.2. The molecular formula is C26H36N4O5S. The molecule has 196 valence electrons. The Morgan fingerprint density at radius 2 is 1.67 bits per heavy atom. The number of carbonyl (C=O) groups is 4. The van der Waals surface area contributed by atoms with Crippen molar-refractivity contribution in [1.82, 2.24) is 20.0 Å². The zero-order valence-corrected chi connectivity index (χ0v) is 22.4. The van der Waals surface area contributed by atoms with Gasteiger partial charge in [0, 0.05) is 36.4 Å². The van der Waals surface area contributed by atoms with Crippen LogP contribution in [0.15, 0.2) is 30.3 Å². The average molecular weight is 517 g/mol. The number of fused-ring (bicyclic) bond motifs is 1. The molecule has 1 aromatic heterocycles. The van der Waals surface area contributed by atoms with Gasteiger partial charge in [0.05, 0.1) is 4.88 Å². The lowest BCUT2D eigenvalue weighted by Gasteiger charge is -2.39. The van der Waals surface area contributed by atoms with Crippen LogP contribution >= 0.6 is 11.3 Å². The van der Waals surface area contributed by atoms with E-state index in [1.807, 2.05) is 44.2 Å². The van der Waals surface area contributed by atoms with Gasteiger partial charge in [0.15, 0.2) is 0 Å². The third-order valence-corrected chi connectivity index (χ3v) is 7.35. The Morgan fingerprint density at radius 3 is 2.22 bits per heavy atom. The molecule has 1 atom stereocenters. The molecule has 1 aliphatic rings. The van der Waals surface area contributed by atoms with Gasteiger partial charge in [-0.05, 0) is 50.6 Å². The summed E-state index contributed by atoms with van der Waals surface area (Å²) >= 11 is 1.40. The van der Waals surface area contributed by atoms with E-state index in [4.69, 9.17) is 0 Å². The summed E-state index contributed by atoms with van der Waals surface area (Å²) in [6.07, 6.45) is -0.635. The van der Waals surface area contributed by atoms with Crippen molar-refractivity contribution < 1.29 is 24.3 Å². The van der Waals surface area contributed by atoms with E-state index >= 15 is 0 Å². The van der Waals surface area contributed by atoms with Crippen LogP contribution in [0.25, 0.3) is 10.1 Å². The maximum absolute atomic E-state index is 13.4. The lowest BCUT2D eigenvalue weighted by atomic mass is 10.0. The van der Waals surface area contributed by atoms with E-state index < -0.39 is 17.7 Å². The Morgan fingerprint density at radius 1 is 1.06 bits per heavy atom. The number of nitrogens with one attached hydrogen (secondary N) is 1. The fourth-order valence-corrected chi connectivity index (χ4v) is 5.21. The second-order valence-corrected chi connectivity index (χ2v) is 11.6.